The van der Waals surface area contributed by atoms with Crippen LogP contribution in [0.4, 0.5) is 0 Å². The average Bonchev–Trinajstić information content (AvgIpc) is 2.92. The molecule has 7 heteroatoms. The lowest BCUT2D eigenvalue weighted by atomic mass is 9.85. The highest BCUT2D eigenvalue weighted by atomic mass is 16.6. The number of benzene rings is 2. The van der Waals surface area contributed by atoms with Gasteiger partial charge in [-0.05, 0) is 81.5 Å². The van der Waals surface area contributed by atoms with Crippen molar-refractivity contribution >= 4 is 23.7 Å². The van der Waals surface area contributed by atoms with Crippen LogP contribution in [-0.2, 0) is 46.2 Å². The van der Waals surface area contributed by atoms with Crippen molar-refractivity contribution in [2.45, 2.75) is 126 Å². The van der Waals surface area contributed by atoms with Crippen LogP contribution in [0.5, 0.6) is 0 Å². The van der Waals surface area contributed by atoms with Crippen LogP contribution in [0.2, 0.25) is 0 Å². The molecule has 248 valence electrons. The molecule has 0 aliphatic carbocycles. The molecule has 0 saturated carbocycles. The maximum Gasteiger partial charge on any atom is 0.352 e. The van der Waals surface area contributed by atoms with Crippen molar-refractivity contribution in [1.29, 1.82) is 0 Å². The van der Waals surface area contributed by atoms with Gasteiger partial charge in [-0.2, -0.15) is 0 Å². The Morgan fingerprint density at radius 1 is 0.556 bits per heavy atom. The summed E-state index contributed by atoms with van der Waals surface area (Å²) in [6, 6.07) is 15.3. The summed E-state index contributed by atoms with van der Waals surface area (Å²) in [6.45, 7) is 21.9. The van der Waals surface area contributed by atoms with E-state index in [-0.39, 0.29) is 0 Å². The Morgan fingerprint density at radius 2 is 0.911 bits per heavy atom. The number of carbonyl (C=O) groups is 4. The second kappa shape index (κ2) is 15.7. The first-order valence-electron chi connectivity index (χ1n) is 16.1. The van der Waals surface area contributed by atoms with Crippen molar-refractivity contribution in [1.82, 2.24) is 0 Å². The first-order chi connectivity index (χ1) is 20.7. The first-order valence-corrected chi connectivity index (χ1v) is 16.1. The van der Waals surface area contributed by atoms with E-state index in [1.807, 2.05) is 48.5 Å². The quantitative estimate of drug-likeness (QED) is 0.166. The predicted molar refractivity (Wildman–Crippen MR) is 177 cm³/mol. The largest absolute Gasteiger partial charge is 0.457 e. The Labute approximate surface area is 270 Å². The van der Waals surface area contributed by atoms with Crippen LogP contribution in [0.3, 0.4) is 0 Å². The highest BCUT2D eigenvalue weighted by molar-refractivity contribution is 5.96. The number of esters is 3. The lowest BCUT2D eigenvalue weighted by Gasteiger charge is -2.32. The number of hydrogen-bond acceptors (Lipinski definition) is 7. The predicted octanol–water partition coefficient (Wildman–Crippen LogP) is 7.77. The normalized spacial score (nSPS) is 14.8. The van der Waals surface area contributed by atoms with E-state index in [1.54, 1.807) is 55.4 Å². The summed E-state index contributed by atoms with van der Waals surface area (Å²) in [5, 5.41) is 0. The van der Waals surface area contributed by atoms with Crippen LogP contribution < -0.4 is 0 Å². The van der Waals surface area contributed by atoms with Gasteiger partial charge in [0.25, 0.3) is 0 Å². The third-order valence-corrected chi connectivity index (χ3v) is 7.35. The Balaban J connectivity index is 2.43. The molecule has 2 aromatic rings. The summed E-state index contributed by atoms with van der Waals surface area (Å²) in [5.41, 5.74) is 1.71. The molecule has 7 nitrogen and oxygen atoms in total. The van der Waals surface area contributed by atoms with Gasteiger partial charge in [0, 0.05) is 5.41 Å². The average molecular weight is 623 g/mol. The Kier molecular flexibility index (Phi) is 13.1. The smallest absolute Gasteiger partial charge is 0.352 e. The molecule has 0 aliphatic rings. The molecule has 0 spiro atoms. The SMILES string of the molecule is CC(C)Cc1ccc(C(C)C(=O)OC(C(=O)OC(C)(C)C)C(OC(=O)C(C)c2ccc(CC(C)C)cc2)C(=O)C(C)(C)C)cc1. The number of Topliss-reactive ketones (excluding diaryl/α,β-unsaturated/α-hetero) is 1. The number of carbonyl (C=O) groups excluding carboxylic acids is 4. The van der Waals surface area contributed by atoms with Crippen LogP contribution >= 0.6 is 0 Å². The fourth-order valence-corrected chi connectivity index (χ4v) is 4.83. The molecule has 2 rings (SSSR count). The zero-order valence-corrected chi connectivity index (χ0v) is 29.4. The van der Waals surface area contributed by atoms with Gasteiger partial charge in [-0.3, -0.25) is 14.4 Å². The molecule has 0 amide bonds. The molecule has 0 saturated heterocycles. The molecule has 0 fully saturated rings. The number of hydrogen-bond donors (Lipinski definition) is 0. The lowest BCUT2D eigenvalue weighted by molar-refractivity contribution is -0.192. The van der Waals surface area contributed by atoms with E-state index in [0.717, 1.165) is 24.0 Å². The van der Waals surface area contributed by atoms with Crippen LogP contribution in [0.15, 0.2) is 48.5 Å². The number of rotatable bonds is 13. The van der Waals surface area contributed by atoms with Gasteiger partial charge in [-0.15, -0.1) is 0 Å². The van der Waals surface area contributed by atoms with Crippen LogP contribution in [0.1, 0.15) is 117 Å². The molecule has 4 unspecified atom stereocenters. The maximum atomic E-state index is 13.8. The standard InChI is InChI=1S/C38H54O7/c1-23(2)21-27-13-17-29(18-14-27)25(5)34(40)43-31(33(39)37(7,8)9)32(36(42)45-38(10,11)12)44-35(41)26(6)30-19-15-28(16-20-30)22-24(3)4/h13-20,23-26,31-32H,21-22H2,1-12H3. The highest BCUT2D eigenvalue weighted by Crippen LogP contribution is 2.28. The molecule has 45 heavy (non-hydrogen) atoms. The number of ketones is 1. The minimum atomic E-state index is -1.80. The van der Waals surface area contributed by atoms with Gasteiger partial charge in [-0.1, -0.05) is 97.0 Å². The van der Waals surface area contributed by atoms with Gasteiger partial charge in [0.05, 0.1) is 11.8 Å². The lowest BCUT2D eigenvalue weighted by Crippen LogP contribution is -2.51. The van der Waals surface area contributed by atoms with Crippen LogP contribution in [-0.4, -0.2) is 41.5 Å². The van der Waals surface area contributed by atoms with Crippen molar-refractivity contribution < 1.29 is 33.4 Å². The second-order valence-electron chi connectivity index (χ2n) is 15.0. The van der Waals surface area contributed by atoms with Gasteiger partial charge in [0.1, 0.15) is 5.60 Å². The van der Waals surface area contributed by atoms with Crippen LogP contribution in [0, 0.1) is 17.3 Å². The van der Waals surface area contributed by atoms with Gasteiger partial charge < -0.3 is 14.2 Å². The molecular weight excluding hydrogens is 568 g/mol. The summed E-state index contributed by atoms with van der Waals surface area (Å²) < 4.78 is 17.2. The molecule has 4 atom stereocenters. The zero-order valence-electron chi connectivity index (χ0n) is 29.4. The van der Waals surface area contributed by atoms with Gasteiger partial charge in [0.15, 0.2) is 5.78 Å². The van der Waals surface area contributed by atoms with Crippen LogP contribution in [0.25, 0.3) is 0 Å². The monoisotopic (exact) mass is 622 g/mol. The van der Waals surface area contributed by atoms with E-state index in [0.29, 0.717) is 23.0 Å². The third kappa shape index (κ3) is 11.8. The Morgan fingerprint density at radius 3 is 1.22 bits per heavy atom. The van der Waals surface area contributed by atoms with Gasteiger partial charge in [-0.25, -0.2) is 4.79 Å². The zero-order chi connectivity index (χ0) is 34.3. The van der Waals surface area contributed by atoms with Gasteiger partial charge in [0.2, 0.25) is 12.2 Å². The maximum absolute atomic E-state index is 13.8. The molecule has 0 radical (unpaired) electrons. The second-order valence-corrected chi connectivity index (χ2v) is 15.0. The molecule has 0 aliphatic heterocycles. The van der Waals surface area contributed by atoms with E-state index >= 15 is 0 Å². The van der Waals surface area contributed by atoms with E-state index < -0.39 is 58.8 Å². The Bertz CT molecular complexity index is 1290. The fourth-order valence-electron chi connectivity index (χ4n) is 4.83. The summed E-state index contributed by atoms with van der Waals surface area (Å²) in [5.74, 6) is -3.51. The van der Waals surface area contributed by atoms with Crippen molar-refractivity contribution in [3.05, 3.63) is 70.8 Å². The van der Waals surface area contributed by atoms with E-state index in [4.69, 9.17) is 14.2 Å². The summed E-state index contributed by atoms with van der Waals surface area (Å²) in [4.78, 5) is 54.4. The van der Waals surface area contributed by atoms with Crippen molar-refractivity contribution in [2.75, 3.05) is 0 Å². The molecule has 0 bridgehead atoms. The Hall–Kier alpha value is -3.48. The molecule has 0 N–H and O–H groups in total. The fraction of sp³-hybridized carbons (Fsp3) is 0.579. The summed E-state index contributed by atoms with van der Waals surface area (Å²) in [6.07, 6.45) is -1.69. The summed E-state index contributed by atoms with van der Waals surface area (Å²) >= 11 is 0. The van der Waals surface area contributed by atoms with Crippen molar-refractivity contribution in [3.8, 4) is 0 Å². The van der Waals surface area contributed by atoms with E-state index in [1.165, 1.54) is 0 Å². The highest BCUT2D eigenvalue weighted by Gasteiger charge is 2.47. The summed E-state index contributed by atoms with van der Waals surface area (Å²) in [7, 11) is 0. The first kappa shape index (κ1) is 37.7. The molecule has 0 heterocycles. The number of ether oxygens (including phenoxy) is 3. The van der Waals surface area contributed by atoms with E-state index in [9.17, 15) is 19.2 Å². The minimum Gasteiger partial charge on any atom is -0.457 e. The molecule has 2 aromatic carbocycles. The molecular formula is C38H54O7. The van der Waals surface area contributed by atoms with Crippen molar-refractivity contribution in [2.24, 2.45) is 17.3 Å². The third-order valence-electron chi connectivity index (χ3n) is 7.35. The molecule has 0 aromatic heterocycles. The minimum absolute atomic E-state index is 0.486. The van der Waals surface area contributed by atoms with Gasteiger partial charge >= 0.3 is 17.9 Å². The topological polar surface area (TPSA) is 96.0 Å². The van der Waals surface area contributed by atoms with Crippen molar-refractivity contribution in [3.63, 3.8) is 0 Å². The van der Waals surface area contributed by atoms with E-state index in [2.05, 4.69) is 27.7 Å².